The molecule has 0 heterocycles. The zero-order valence-electron chi connectivity index (χ0n) is 11.5. The first kappa shape index (κ1) is 15.9. The Bertz CT molecular complexity index is 700. The number of sulfone groups is 1. The van der Waals surface area contributed by atoms with E-state index >= 15 is 0 Å². The molecule has 1 rings (SSSR count). The van der Waals surface area contributed by atoms with Gasteiger partial charge in [0.1, 0.15) is 0 Å². The minimum Gasteiger partial charge on any atom is -0.370 e. The lowest BCUT2D eigenvalue weighted by atomic mass is 10.0. The van der Waals surface area contributed by atoms with E-state index in [1.54, 1.807) is 26.0 Å². The van der Waals surface area contributed by atoms with Gasteiger partial charge in [-0.3, -0.25) is 4.79 Å². The summed E-state index contributed by atoms with van der Waals surface area (Å²) in [7, 11) is -3.48. The fourth-order valence-corrected chi connectivity index (χ4v) is 2.59. The zero-order valence-corrected chi connectivity index (χ0v) is 12.4. The van der Waals surface area contributed by atoms with Gasteiger partial charge in [0.2, 0.25) is 0 Å². The highest BCUT2D eigenvalue weighted by molar-refractivity contribution is 7.90. The summed E-state index contributed by atoms with van der Waals surface area (Å²) in [6, 6.07) is 4.35. The highest BCUT2D eigenvalue weighted by Crippen LogP contribution is 2.25. The molecular weight excluding hydrogens is 278 g/mol. The number of carbonyl (C=O) groups is 1. The Balaban J connectivity index is 3.52. The molecule has 0 radical (unpaired) electrons. The van der Waals surface area contributed by atoms with E-state index in [-0.39, 0.29) is 16.4 Å². The van der Waals surface area contributed by atoms with Crippen LogP contribution in [0, 0.1) is 0 Å². The summed E-state index contributed by atoms with van der Waals surface area (Å²) in [4.78, 5) is 15.2. The van der Waals surface area contributed by atoms with Gasteiger partial charge in [-0.2, -0.15) is 4.99 Å². The number of hydrogen-bond donors (Lipinski definition) is 2. The van der Waals surface area contributed by atoms with Gasteiger partial charge in [0.15, 0.2) is 15.8 Å². The highest BCUT2D eigenvalue weighted by atomic mass is 32.2. The van der Waals surface area contributed by atoms with E-state index in [9.17, 15) is 13.2 Å². The van der Waals surface area contributed by atoms with E-state index in [1.165, 1.54) is 12.1 Å². The van der Waals surface area contributed by atoms with Gasteiger partial charge in [-0.25, -0.2) is 8.42 Å². The quantitative estimate of drug-likeness (QED) is 0.635. The molecule has 6 nitrogen and oxygen atoms in total. The molecule has 0 unspecified atom stereocenters. The lowest BCUT2D eigenvalue weighted by Crippen LogP contribution is -2.24. The van der Waals surface area contributed by atoms with Crippen molar-refractivity contribution in [3.8, 4) is 0 Å². The highest BCUT2D eigenvalue weighted by Gasteiger charge is 2.17. The Morgan fingerprint density at radius 3 is 2.35 bits per heavy atom. The topological polar surface area (TPSA) is 116 Å². The number of aliphatic imine (C=N–C) groups is 1. The first-order valence-corrected chi connectivity index (χ1v) is 7.67. The number of allylic oxidation sites excluding steroid dienone is 2. The minimum absolute atomic E-state index is 0.0738. The smallest absolute Gasteiger partial charge is 0.280 e. The van der Waals surface area contributed by atoms with Gasteiger partial charge in [0.05, 0.1) is 4.90 Å². The number of benzene rings is 1. The Morgan fingerprint density at radius 1 is 1.30 bits per heavy atom. The standard InChI is InChI=1S/C13H17N3O3S/c1-4-8(2)10-6-5-9(12(17)16-13(14)15)7-11(10)20(3,18)19/h4-7H,1-3H3,(H4,14,15,16,17). The van der Waals surface area contributed by atoms with Crippen LogP contribution in [0.15, 0.2) is 34.2 Å². The van der Waals surface area contributed by atoms with Crippen molar-refractivity contribution in [2.45, 2.75) is 18.7 Å². The van der Waals surface area contributed by atoms with Crippen molar-refractivity contribution in [1.29, 1.82) is 0 Å². The van der Waals surface area contributed by atoms with E-state index in [0.717, 1.165) is 11.8 Å². The molecule has 0 saturated carbocycles. The molecule has 7 heteroatoms. The normalized spacial score (nSPS) is 12.1. The van der Waals surface area contributed by atoms with E-state index < -0.39 is 15.7 Å². The van der Waals surface area contributed by atoms with Crippen LogP contribution in [-0.4, -0.2) is 26.5 Å². The van der Waals surface area contributed by atoms with Crippen molar-refractivity contribution in [2.75, 3.05) is 6.26 Å². The van der Waals surface area contributed by atoms with E-state index in [2.05, 4.69) is 4.99 Å². The molecule has 0 atom stereocenters. The Kier molecular flexibility index (Phi) is 4.67. The largest absolute Gasteiger partial charge is 0.370 e. The summed E-state index contributed by atoms with van der Waals surface area (Å²) in [5.74, 6) is -1.05. The van der Waals surface area contributed by atoms with Crippen molar-refractivity contribution in [2.24, 2.45) is 16.5 Å². The second-order valence-electron chi connectivity index (χ2n) is 4.30. The lowest BCUT2D eigenvalue weighted by molar-refractivity contribution is 0.100. The van der Waals surface area contributed by atoms with Crippen LogP contribution in [0.4, 0.5) is 0 Å². The molecule has 0 aliphatic rings. The molecule has 0 spiro atoms. The summed E-state index contributed by atoms with van der Waals surface area (Å²) in [5, 5.41) is 0. The first-order valence-electron chi connectivity index (χ1n) is 5.78. The molecular formula is C13H17N3O3S. The predicted molar refractivity (Wildman–Crippen MR) is 79.0 cm³/mol. The van der Waals surface area contributed by atoms with Crippen LogP contribution in [0.1, 0.15) is 29.8 Å². The molecule has 0 bridgehead atoms. The fraction of sp³-hybridized carbons (Fsp3) is 0.231. The monoisotopic (exact) mass is 295 g/mol. The maximum absolute atomic E-state index is 11.8. The molecule has 0 saturated heterocycles. The van der Waals surface area contributed by atoms with Crippen LogP contribution < -0.4 is 11.5 Å². The summed E-state index contributed by atoms with van der Waals surface area (Å²) < 4.78 is 23.7. The molecule has 0 aliphatic carbocycles. The van der Waals surface area contributed by atoms with Gasteiger partial charge in [-0.05, 0) is 37.1 Å². The van der Waals surface area contributed by atoms with Gasteiger partial charge in [0.25, 0.3) is 5.91 Å². The average Bonchev–Trinajstić information content (AvgIpc) is 2.35. The van der Waals surface area contributed by atoms with Crippen molar-refractivity contribution in [3.63, 3.8) is 0 Å². The van der Waals surface area contributed by atoms with E-state index in [1.807, 2.05) is 0 Å². The maximum Gasteiger partial charge on any atom is 0.280 e. The summed E-state index contributed by atoms with van der Waals surface area (Å²) in [6.07, 6.45) is 2.88. The zero-order chi connectivity index (χ0) is 15.5. The first-order chi connectivity index (χ1) is 9.16. The summed E-state index contributed by atoms with van der Waals surface area (Å²) >= 11 is 0. The third-order valence-electron chi connectivity index (χ3n) is 2.72. The van der Waals surface area contributed by atoms with E-state index in [0.29, 0.717) is 5.56 Å². The number of rotatable bonds is 3. The number of nitrogens with zero attached hydrogens (tertiary/aromatic N) is 1. The van der Waals surface area contributed by atoms with Crippen molar-refractivity contribution in [3.05, 3.63) is 35.4 Å². The third-order valence-corrected chi connectivity index (χ3v) is 3.85. The van der Waals surface area contributed by atoms with Gasteiger partial charge in [-0.1, -0.05) is 12.1 Å². The third kappa shape index (κ3) is 3.67. The van der Waals surface area contributed by atoms with Gasteiger partial charge in [-0.15, -0.1) is 0 Å². The number of amides is 1. The second kappa shape index (κ2) is 5.87. The second-order valence-corrected chi connectivity index (χ2v) is 6.28. The molecule has 0 aliphatic heterocycles. The number of nitrogens with two attached hydrogens (primary N) is 2. The van der Waals surface area contributed by atoms with Crippen LogP contribution in [0.25, 0.3) is 5.57 Å². The van der Waals surface area contributed by atoms with Crippen molar-refractivity contribution in [1.82, 2.24) is 0 Å². The van der Waals surface area contributed by atoms with Gasteiger partial charge >= 0.3 is 0 Å². The number of hydrogen-bond acceptors (Lipinski definition) is 3. The van der Waals surface area contributed by atoms with Gasteiger partial charge < -0.3 is 11.5 Å². The SMILES string of the molecule is CC=C(C)c1ccc(C(=O)N=C(N)N)cc1S(C)(=O)=O. The van der Waals surface area contributed by atoms with E-state index in [4.69, 9.17) is 11.5 Å². The Hall–Kier alpha value is -2.15. The molecule has 0 fully saturated rings. The molecule has 20 heavy (non-hydrogen) atoms. The number of carbonyl (C=O) groups excluding carboxylic acids is 1. The Labute approximate surface area is 118 Å². The molecule has 1 aromatic rings. The molecule has 1 aromatic carbocycles. The summed E-state index contributed by atoms with van der Waals surface area (Å²) in [6.45, 7) is 3.60. The molecule has 4 N–H and O–H groups in total. The Morgan fingerprint density at radius 2 is 1.90 bits per heavy atom. The van der Waals surface area contributed by atoms with Crippen molar-refractivity contribution >= 4 is 27.3 Å². The number of guanidine groups is 1. The van der Waals surface area contributed by atoms with Crippen LogP contribution in [0.5, 0.6) is 0 Å². The fourth-order valence-electron chi connectivity index (χ4n) is 1.63. The van der Waals surface area contributed by atoms with Gasteiger partial charge in [0, 0.05) is 11.8 Å². The molecule has 0 aromatic heterocycles. The summed E-state index contributed by atoms with van der Waals surface area (Å²) in [5.41, 5.74) is 11.7. The maximum atomic E-state index is 11.8. The van der Waals surface area contributed by atoms with Crippen LogP contribution in [0.3, 0.4) is 0 Å². The molecule has 1 amide bonds. The van der Waals surface area contributed by atoms with Crippen molar-refractivity contribution < 1.29 is 13.2 Å². The van der Waals surface area contributed by atoms with Crippen LogP contribution >= 0.6 is 0 Å². The van der Waals surface area contributed by atoms with Crippen LogP contribution in [0.2, 0.25) is 0 Å². The minimum atomic E-state index is -3.48. The van der Waals surface area contributed by atoms with Crippen LogP contribution in [-0.2, 0) is 9.84 Å². The average molecular weight is 295 g/mol. The molecule has 108 valence electrons. The lowest BCUT2D eigenvalue weighted by Gasteiger charge is -2.09. The predicted octanol–water partition coefficient (Wildman–Crippen LogP) is 0.927.